The summed E-state index contributed by atoms with van der Waals surface area (Å²) in [6, 6.07) is 1.51. The van der Waals surface area contributed by atoms with Crippen LogP contribution in [0, 0.1) is 0 Å². The van der Waals surface area contributed by atoms with Gasteiger partial charge in [-0.15, -0.1) is 0 Å². The Hall–Kier alpha value is -1.40. The van der Waals surface area contributed by atoms with Crippen LogP contribution in [0.5, 0.6) is 0 Å². The van der Waals surface area contributed by atoms with Gasteiger partial charge < -0.3 is 10.6 Å². The van der Waals surface area contributed by atoms with Gasteiger partial charge in [0.15, 0.2) is 0 Å². The summed E-state index contributed by atoms with van der Waals surface area (Å²) in [5, 5.41) is 6.72. The van der Waals surface area contributed by atoms with Gasteiger partial charge in [-0.2, -0.15) is 0 Å². The third-order valence-electron chi connectivity index (χ3n) is 3.69. The van der Waals surface area contributed by atoms with Gasteiger partial charge in [0.2, 0.25) is 0 Å². The van der Waals surface area contributed by atoms with Gasteiger partial charge in [0.1, 0.15) is 0 Å². The van der Waals surface area contributed by atoms with Crippen LogP contribution in [-0.2, 0) is 20.6 Å². The second kappa shape index (κ2) is 4.70. The monoisotopic (exact) mass is 252 g/mol. The molecule has 0 saturated carbocycles. The fraction of sp³-hybridized carbons (Fsp3) is 0.667. The van der Waals surface area contributed by atoms with Crippen LogP contribution in [0.1, 0.15) is 19.0 Å². The molecule has 0 aliphatic carbocycles. The summed E-state index contributed by atoms with van der Waals surface area (Å²) >= 11 is 0. The third kappa shape index (κ3) is 2.39. The molecule has 2 N–H and O–H groups in total. The Kier molecular flexibility index (Phi) is 3.41. The van der Waals surface area contributed by atoms with Gasteiger partial charge in [-0.3, -0.25) is 13.9 Å². The van der Waals surface area contributed by atoms with E-state index >= 15 is 0 Å². The highest BCUT2D eigenvalue weighted by atomic mass is 16.2. The molecule has 1 aromatic rings. The van der Waals surface area contributed by atoms with Crippen molar-refractivity contribution in [2.24, 2.45) is 14.1 Å². The van der Waals surface area contributed by atoms with E-state index in [1.807, 2.05) is 0 Å². The van der Waals surface area contributed by atoms with E-state index in [-0.39, 0.29) is 16.8 Å². The Morgan fingerprint density at radius 3 is 2.72 bits per heavy atom. The van der Waals surface area contributed by atoms with Crippen molar-refractivity contribution in [1.29, 1.82) is 0 Å². The molecule has 100 valence electrons. The van der Waals surface area contributed by atoms with Crippen molar-refractivity contribution >= 4 is 0 Å². The highest BCUT2D eigenvalue weighted by molar-refractivity contribution is 5.04. The summed E-state index contributed by atoms with van der Waals surface area (Å²) in [6.45, 7) is 4.58. The van der Waals surface area contributed by atoms with Crippen LogP contribution >= 0.6 is 0 Å². The van der Waals surface area contributed by atoms with Gasteiger partial charge in [0.25, 0.3) is 5.56 Å². The maximum absolute atomic E-state index is 11.8. The lowest BCUT2D eigenvalue weighted by Gasteiger charge is -2.25. The number of aromatic nitrogens is 2. The zero-order valence-electron chi connectivity index (χ0n) is 11.1. The number of nitrogens with zero attached hydrogens (tertiary/aromatic N) is 2. The second-order valence-electron chi connectivity index (χ2n) is 5.22. The highest BCUT2D eigenvalue weighted by Crippen LogP contribution is 2.13. The van der Waals surface area contributed by atoms with Crippen LogP contribution in [-0.4, -0.2) is 27.8 Å². The number of nitrogens with one attached hydrogen (secondary N) is 2. The standard InChI is InChI=1S/C12H20N4O2/c1-12(4-5-13-8-12)14-7-9-6-10(17)16(3)11(18)15(9)2/h6,13-14H,4-5,7-8H2,1-3H3. The summed E-state index contributed by atoms with van der Waals surface area (Å²) in [5.74, 6) is 0. The largest absolute Gasteiger partial charge is 0.330 e. The molecular formula is C12H20N4O2. The van der Waals surface area contributed by atoms with Crippen molar-refractivity contribution in [3.8, 4) is 0 Å². The smallest absolute Gasteiger partial charge is 0.315 e. The average molecular weight is 252 g/mol. The molecule has 0 amide bonds. The van der Waals surface area contributed by atoms with E-state index in [1.54, 1.807) is 7.05 Å². The molecule has 1 unspecified atom stereocenters. The summed E-state index contributed by atoms with van der Waals surface area (Å²) in [7, 11) is 3.18. The van der Waals surface area contributed by atoms with Crippen molar-refractivity contribution in [1.82, 2.24) is 19.8 Å². The second-order valence-corrected chi connectivity index (χ2v) is 5.22. The summed E-state index contributed by atoms with van der Waals surface area (Å²) < 4.78 is 2.63. The van der Waals surface area contributed by atoms with Crippen LogP contribution in [0.15, 0.2) is 15.7 Å². The maximum atomic E-state index is 11.8. The van der Waals surface area contributed by atoms with E-state index in [1.165, 1.54) is 17.7 Å². The fourth-order valence-electron chi connectivity index (χ4n) is 2.22. The molecule has 2 rings (SSSR count). The van der Waals surface area contributed by atoms with Crippen molar-refractivity contribution in [2.75, 3.05) is 13.1 Å². The first kappa shape index (κ1) is 13.0. The Morgan fingerprint density at radius 2 is 2.11 bits per heavy atom. The minimum absolute atomic E-state index is 0.0388. The number of rotatable bonds is 3. The Labute approximate surface area is 106 Å². The predicted molar refractivity (Wildman–Crippen MR) is 69.7 cm³/mol. The van der Waals surface area contributed by atoms with Gasteiger partial charge in [-0.25, -0.2) is 4.79 Å². The van der Waals surface area contributed by atoms with Crippen molar-refractivity contribution in [3.05, 3.63) is 32.6 Å². The minimum Gasteiger partial charge on any atom is -0.315 e. The third-order valence-corrected chi connectivity index (χ3v) is 3.69. The van der Waals surface area contributed by atoms with Gasteiger partial charge in [0.05, 0.1) is 0 Å². The molecule has 1 saturated heterocycles. The van der Waals surface area contributed by atoms with E-state index in [0.717, 1.165) is 29.8 Å². The van der Waals surface area contributed by atoms with E-state index in [2.05, 4.69) is 17.6 Å². The zero-order chi connectivity index (χ0) is 13.3. The van der Waals surface area contributed by atoms with Crippen LogP contribution in [0.3, 0.4) is 0 Å². The topological polar surface area (TPSA) is 68.1 Å². The minimum atomic E-state index is -0.283. The molecule has 2 heterocycles. The first-order valence-corrected chi connectivity index (χ1v) is 6.15. The van der Waals surface area contributed by atoms with Gasteiger partial charge >= 0.3 is 5.69 Å². The quantitative estimate of drug-likeness (QED) is 0.718. The zero-order valence-corrected chi connectivity index (χ0v) is 11.1. The van der Waals surface area contributed by atoms with Crippen molar-refractivity contribution in [3.63, 3.8) is 0 Å². The molecule has 1 fully saturated rings. The molecule has 18 heavy (non-hydrogen) atoms. The Morgan fingerprint density at radius 1 is 1.39 bits per heavy atom. The lowest BCUT2D eigenvalue weighted by atomic mass is 10.0. The fourth-order valence-corrected chi connectivity index (χ4v) is 2.22. The van der Waals surface area contributed by atoms with E-state index in [9.17, 15) is 9.59 Å². The first-order chi connectivity index (χ1) is 8.43. The molecule has 0 bridgehead atoms. The molecule has 6 nitrogen and oxygen atoms in total. The van der Waals surface area contributed by atoms with Gasteiger partial charge in [-0.05, 0) is 19.9 Å². The molecule has 1 atom stereocenters. The molecule has 6 heteroatoms. The summed E-state index contributed by atoms with van der Waals surface area (Å²) in [4.78, 5) is 23.4. The van der Waals surface area contributed by atoms with E-state index < -0.39 is 0 Å². The lowest BCUT2D eigenvalue weighted by molar-refractivity contribution is 0.378. The Balaban J connectivity index is 2.20. The predicted octanol–water partition coefficient (Wildman–Crippen LogP) is -1.07. The van der Waals surface area contributed by atoms with Crippen LogP contribution in [0.4, 0.5) is 0 Å². The van der Waals surface area contributed by atoms with Crippen molar-refractivity contribution < 1.29 is 0 Å². The van der Waals surface area contributed by atoms with E-state index in [4.69, 9.17) is 0 Å². The van der Waals surface area contributed by atoms with Crippen LogP contribution in [0.25, 0.3) is 0 Å². The summed E-state index contributed by atoms with van der Waals surface area (Å²) in [5.41, 5.74) is 0.215. The van der Waals surface area contributed by atoms with Crippen molar-refractivity contribution in [2.45, 2.75) is 25.4 Å². The van der Waals surface area contributed by atoms with Gasteiger partial charge in [-0.1, -0.05) is 0 Å². The Bertz CT molecular complexity index is 552. The lowest BCUT2D eigenvalue weighted by Crippen LogP contribution is -2.45. The van der Waals surface area contributed by atoms with Gasteiger partial charge in [0, 0.05) is 44.5 Å². The number of hydrogen-bond donors (Lipinski definition) is 2. The normalized spacial score (nSPS) is 23.5. The van der Waals surface area contributed by atoms with E-state index in [0.29, 0.717) is 6.54 Å². The number of hydrogen-bond acceptors (Lipinski definition) is 4. The maximum Gasteiger partial charge on any atom is 0.330 e. The molecule has 1 aliphatic heterocycles. The molecule has 1 aromatic heterocycles. The molecule has 0 radical (unpaired) electrons. The molecule has 1 aliphatic rings. The first-order valence-electron chi connectivity index (χ1n) is 6.15. The highest BCUT2D eigenvalue weighted by Gasteiger charge is 2.27. The molecule has 0 aromatic carbocycles. The summed E-state index contributed by atoms with van der Waals surface area (Å²) in [6.07, 6.45) is 1.05. The molecular weight excluding hydrogens is 232 g/mol. The SMILES string of the molecule is Cn1c(CNC2(C)CCNC2)cc(=O)n(C)c1=O. The molecule has 0 spiro atoms. The van der Waals surface area contributed by atoms with Crippen LogP contribution < -0.4 is 21.9 Å². The average Bonchev–Trinajstić information content (AvgIpc) is 2.77. The van der Waals surface area contributed by atoms with Crippen LogP contribution in [0.2, 0.25) is 0 Å².